The van der Waals surface area contributed by atoms with E-state index in [0.717, 1.165) is 41.9 Å². The van der Waals surface area contributed by atoms with Crippen LogP contribution in [0.4, 0.5) is 5.69 Å². The molecule has 176 valence electrons. The molecule has 7 nitrogen and oxygen atoms in total. The number of fused-ring (bicyclic) bond motifs is 1. The minimum absolute atomic E-state index is 0.0978. The minimum Gasteiger partial charge on any atom is -0.466 e. The molecule has 0 unspecified atom stereocenters. The van der Waals surface area contributed by atoms with Crippen LogP contribution in [-0.2, 0) is 9.53 Å². The number of hydrogen-bond acceptors (Lipinski definition) is 7. The second-order valence-electron chi connectivity index (χ2n) is 9.48. The van der Waals surface area contributed by atoms with Gasteiger partial charge in [0.05, 0.1) is 23.8 Å². The summed E-state index contributed by atoms with van der Waals surface area (Å²) in [5.41, 5.74) is 5.73. The Morgan fingerprint density at radius 1 is 1.32 bits per heavy atom. The number of carbonyl (C=O) groups excluding carboxylic acids is 1. The first-order chi connectivity index (χ1) is 16.4. The highest BCUT2D eigenvalue weighted by molar-refractivity contribution is 6.02. The SMILES string of the molecule is CCOC(=O)[C@@H]1C[C@H]1c1nc2c(C#N)c(C)c(-c3ccccc3)c(N3CC[C@H](N(C)C)C3)c2o1. The number of nitrogens with zero attached hydrogens (tertiary/aromatic N) is 4. The van der Waals surface area contributed by atoms with Crippen molar-refractivity contribution < 1.29 is 13.9 Å². The van der Waals surface area contributed by atoms with Crippen LogP contribution >= 0.6 is 0 Å². The predicted octanol–water partition coefficient (Wildman–Crippen LogP) is 4.48. The van der Waals surface area contributed by atoms with Crippen LogP contribution in [-0.4, -0.2) is 55.7 Å². The van der Waals surface area contributed by atoms with Crippen LogP contribution in [0.5, 0.6) is 0 Å². The maximum atomic E-state index is 12.2. The van der Waals surface area contributed by atoms with Crippen molar-refractivity contribution in [2.24, 2.45) is 5.92 Å². The molecule has 0 radical (unpaired) electrons. The van der Waals surface area contributed by atoms with E-state index in [1.54, 1.807) is 0 Å². The second-order valence-corrected chi connectivity index (χ2v) is 9.48. The van der Waals surface area contributed by atoms with Gasteiger partial charge in [-0.3, -0.25) is 4.79 Å². The summed E-state index contributed by atoms with van der Waals surface area (Å²) in [4.78, 5) is 21.7. The molecule has 1 saturated carbocycles. The summed E-state index contributed by atoms with van der Waals surface area (Å²) in [7, 11) is 4.22. The van der Waals surface area contributed by atoms with Gasteiger partial charge in [-0.25, -0.2) is 4.98 Å². The van der Waals surface area contributed by atoms with Crippen molar-refractivity contribution in [3.63, 3.8) is 0 Å². The Morgan fingerprint density at radius 2 is 2.09 bits per heavy atom. The van der Waals surface area contributed by atoms with Crippen LogP contribution in [0.25, 0.3) is 22.2 Å². The minimum atomic E-state index is -0.221. The van der Waals surface area contributed by atoms with Crippen molar-refractivity contribution in [2.45, 2.75) is 38.6 Å². The Balaban J connectivity index is 1.69. The smallest absolute Gasteiger partial charge is 0.309 e. The maximum absolute atomic E-state index is 12.2. The zero-order valence-corrected chi connectivity index (χ0v) is 20.2. The molecule has 1 saturated heterocycles. The molecule has 34 heavy (non-hydrogen) atoms. The lowest BCUT2D eigenvalue weighted by molar-refractivity contribution is -0.144. The number of likely N-dealkylation sites (N-methyl/N-ethyl adjacent to an activating group) is 1. The number of oxazole rings is 1. The average Bonchev–Trinajstić information content (AvgIpc) is 3.27. The van der Waals surface area contributed by atoms with Crippen LogP contribution in [0.3, 0.4) is 0 Å². The van der Waals surface area contributed by atoms with Crippen LogP contribution in [0.1, 0.15) is 42.7 Å². The molecule has 2 aliphatic rings. The molecule has 1 aliphatic carbocycles. The number of hydrogen-bond donors (Lipinski definition) is 0. The monoisotopic (exact) mass is 458 g/mol. The van der Waals surface area contributed by atoms with Crippen molar-refractivity contribution in [2.75, 3.05) is 38.7 Å². The second kappa shape index (κ2) is 8.77. The average molecular weight is 459 g/mol. The van der Waals surface area contributed by atoms with E-state index in [1.165, 1.54) is 0 Å². The highest BCUT2D eigenvalue weighted by atomic mass is 16.5. The first kappa shape index (κ1) is 22.4. The molecule has 0 amide bonds. The van der Waals surface area contributed by atoms with Gasteiger partial charge in [0.2, 0.25) is 0 Å². The fourth-order valence-corrected chi connectivity index (χ4v) is 5.16. The van der Waals surface area contributed by atoms with Crippen LogP contribution in [0.15, 0.2) is 34.7 Å². The van der Waals surface area contributed by atoms with Gasteiger partial charge < -0.3 is 19.0 Å². The molecule has 3 atom stereocenters. The van der Waals surface area contributed by atoms with Crippen LogP contribution < -0.4 is 4.90 Å². The van der Waals surface area contributed by atoms with E-state index in [4.69, 9.17) is 14.1 Å². The van der Waals surface area contributed by atoms with E-state index in [-0.39, 0.29) is 17.8 Å². The molecule has 5 rings (SSSR count). The third-order valence-electron chi connectivity index (χ3n) is 7.16. The summed E-state index contributed by atoms with van der Waals surface area (Å²) < 4.78 is 11.6. The number of ether oxygens (including phenoxy) is 1. The van der Waals surface area contributed by atoms with Gasteiger partial charge in [0.1, 0.15) is 11.6 Å². The van der Waals surface area contributed by atoms with Crippen molar-refractivity contribution >= 4 is 22.8 Å². The van der Waals surface area contributed by atoms with Crippen LogP contribution in [0, 0.1) is 24.2 Å². The van der Waals surface area contributed by atoms with Gasteiger partial charge in [0.15, 0.2) is 11.5 Å². The Hall–Kier alpha value is -3.37. The van der Waals surface area contributed by atoms with Gasteiger partial charge in [0.25, 0.3) is 0 Å². The standard InChI is InChI=1S/C27H30N4O3/c1-5-33-27(32)20-13-19(20)26-29-23-21(14-28)16(2)22(17-9-7-6-8-10-17)24(25(23)34-26)31-12-11-18(15-31)30(3)4/h6-10,18-20H,5,11-13,15H2,1-4H3/t18-,19+,20+/m0/s1. The van der Waals surface area contributed by atoms with Gasteiger partial charge in [-0.05, 0) is 51.9 Å². The van der Waals surface area contributed by atoms with Gasteiger partial charge >= 0.3 is 5.97 Å². The molecule has 1 aliphatic heterocycles. The number of anilines is 1. The van der Waals surface area contributed by atoms with Gasteiger partial charge in [-0.15, -0.1) is 0 Å². The first-order valence-corrected chi connectivity index (χ1v) is 11.9. The van der Waals surface area contributed by atoms with E-state index in [1.807, 2.05) is 32.0 Å². The molecule has 1 aromatic heterocycles. The maximum Gasteiger partial charge on any atom is 0.309 e. The summed E-state index contributed by atoms with van der Waals surface area (Å²) in [5, 5.41) is 10.1. The highest BCUT2D eigenvalue weighted by Crippen LogP contribution is 2.51. The van der Waals surface area contributed by atoms with Crippen molar-refractivity contribution in [1.82, 2.24) is 9.88 Å². The van der Waals surface area contributed by atoms with E-state index < -0.39 is 0 Å². The number of esters is 1. The Labute approximate surface area is 199 Å². The molecule has 2 heterocycles. The molecule has 7 heteroatoms. The molecular formula is C27H30N4O3. The van der Waals surface area contributed by atoms with Crippen molar-refractivity contribution in [3.8, 4) is 17.2 Å². The largest absolute Gasteiger partial charge is 0.466 e. The molecule has 3 aromatic rings. The molecule has 0 N–H and O–H groups in total. The van der Waals surface area contributed by atoms with Gasteiger partial charge in [-0.1, -0.05) is 30.3 Å². The summed E-state index contributed by atoms with van der Waals surface area (Å²) in [6, 6.07) is 13.0. The third-order valence-corrected chi connectivity index (χ3v) is 7.16. The Kier molecular flexibility index (Phi) is 5.78. The lowest BCUT2D eigenvalue weighted by Crippen LogP contribution is -2.31. The van der Waals surface area contributed by atoms with E-state index in [9.17, 15) is 10.1 Å². The Bertz CT molecular complexity index is 1270. The van der Waals surface area contributed by atoms with Crippen LogP contribution in [0.2, 0.25) is 0 Å². The summed E-state index contributed by atoms with van der Waals surface area (Å²) in [6.07, 6.45) is 1.72. The van der Waals surface area contributed by atoms with E-state index >= 15 is 0 Å². The summed E-state index contributed by atoms with van der Waals surface area (Å²) >= 11 is 0. The van der Waals surface area contributed by atoms with E-state index in [0.29, 0.717) is 41.6 Å². The Morgan fingerprint density at radius 3 is 2.74 bits per heavy atom. The molecule has 2 fully saturated rings. The first-order valence-electron chi connectivity index (χ1n) is 11.9. The third kappa shape index (κ3) is 3.72. The van der Waals surface area contributed by atoms with Gasteiger partial charge in [-0.2, -0.15) is 5.26 Å². The zero-order chi connectivity index (χ0) is 24.0. The number of aromatic nitrogens is 1. The molecule has 2 aromatic carbocycles. The lowest BCUT2D eigenvalue weighted by Gasteiger charge is -2.25. The predicted molar refractivity (Wildman–Crippen MR) is 131 cm³/mol. The molecule has 0 bridgehead atoms. The normalized spacial score (nSPS) is 21.8. The summed E-state index contributed by atoms with van der Waals surface area (Å²) in [5.74, 6) is 0.00445. The topological polar surface area (TPSA) is 82.6 Å². The quantitative estimate of drug-likeness (QED) is 0.504. The fraction of sp³-hybridized carbons (Fsp3) is 0.444. The number of carbonyl (C=O) groups is 1. The number of rotatable bonds is 6. The highest BCUT2D eigenvalue weighted by Gasteiger charge is 2.49. The van der Waals surface area contributed by atoms with E-state index in [2.05, 4.69) is 42.1 Å². The molecular weight excluding hydrogens is 428 g/mol. The molecule has 0 spiro atoms. The zero-order valence-electron chi connectivity index (χ0n) is 20.2. The number of nitriles is 1. The van der Waals surface area contributed by atoms with Crippen molar-refractivity contribution in [3.05, 3.63) is 47.3 Å². The summed E-state index contributed by atoms with van der Waals surface area (Å²) in [6.45, 7) is 5.94. The number of benzene rings is 2. The van der Waals surface area contributed by atoms with Gasteiger partial charge in [0, 0.05) is 30.6 Å². The van der Waals surface area contributed by atoms with Crippen molar-refractivity contribution in [1.29, 1.82) is 5.26 Å². The fourth-order valence-electron chi connectivity index (χ4n) is 5.16. The lowest BCUT2D eigenvalue weighted by atomic mass is 9.93.